The van der Waals surface area contributed by atoms with Crippen molar-refractivity contribution in [2.75, 3.05) is 18.0 Å². The maximum atomic E-state index is 12.8. The summed E-state index contributed by atoms with van der Waals surface area (Å²) in [5.74, 6) is 0.895. The highest BCUT2D eigenvalue weighted by atomic mass is 16.6. The molecule has 7 heteroatoms. The summed E-state index contributed by atoms with van der Waals surface area (Å²) in [5, 5.41) is 0. The Bertz CT molecular complexity index is 1070. The van der Waals surface area contributed by atoms with Crippen LogP contribution in [-0.2, 0) is 16.1 Å². The first-order chi connectivity index (χ1) is 14.0. The minimum Gasteiger partial charge on any atom is -0.460 e. The Hall–Kier alpha value is -2.96. The number of ether oxygens (including phenoxy) is 1. The van der Waals surface area contributed by atoms with E-state index in [-0.39, 0.29) is 17.5 Å². The van der Waals surface area contributed by atoms with Gasteiger partial charge in [0.05, 0.1) is 40.7 Å². The number of piperidine rings is 1. The van der Waals surface area contributed by atoms with Gasteiger partial charge in [0, 0.05) is 25.7 Å². The SMILES string of the molecule is Cc1cnc(C)c(N2CCC3(CC2)CC(Cn2cnc4ccccc42)OC3=O)n1. The van der Waals surface area contributed by atoms with Crippen molar-refractivity contribution in [2.45, 2.75) is 45.8 Å². The van der Waals surface area contributed by atoms with Gasteiger partial charge in [-0.25, -0.2) is 9.97 Å². The fraction of sp³-hybridized carbons (Fsp3) is 0.455. The lowest BCUT2D eigenvalue weighted by molar-refractivity contribution is -0.150. The average molecular weight is 391 g/mol. The van der Waals surface area contributed by atoms with E-state index in [1.807, 2.05) is 38.4 Å². The third kappa shape index (κ3) is 3.14. The van der Waals surface area contributed by atoms with E-state index in [4.69, 9.17) is 4.74 Å². The van der Waals surface area contributed by atoms with Crippen molar-refractivity contribution >= 4 is 22.8 Å². The van der Waals surface area contributed by atoms with Crippen LogP contribution in [-0.4, -0.2) is 44.7 Å². The Balaban J connectivity index is 1.29. The Morgan fingerprint density at radius 3 is 2.79 bits per heavy atom. The summed E-state index contributed by atoms with van der Waals surface area (Å²) < 4.78 is 7.92. The van der Waals surface area contributed by atoms with E-state index in [2.05, 4.69) is 30.5 Å². The van der Waals surface area contributed by atoms with Gasteiger partial charge in [0.2, 0.25) is 0 Å². The zero-order chi connectivity index (χ0) is 20.0. The Morgan fingerprint density at radius 2 is 1.97 bits per heavy atom. The van der Waals surface area contributed by atoms with E-state index in [1.54, 1.807) is 6.20 Å². The summed E-state index contributed by atoms with van der Waals surface area (Å²) >= 11 is 0. The number of aryl methyl sites for hydroxylation is 2. The molecule has 1 aromatic carbocycles. The van der Waals surface area contributed by atoms with E-state index in [0.717, 1.165) is 60.6 Å². The van der Waals surface area contributed by atoms with E-state index in [0.29, 0.717) is 6.54 Å². The van der Waals surface area contributed by atoms with E-state index < -0.39 is 0 Å². The normalized spacial score (nSPS) is 21.1. The van der Waals surface area contributed by atoms with Gasteiger partial charge >= 0.3 is 5.97 Å². The highest BCUT2D eigenvalue weighted by molar-refractivity contribution is 5.80. The molecule has 1 atom stereocenters. The lowest BCUT2D eigenvalue weighted by atomic mass is 9.76. The topological polar surface area (TPSA) is 73.1 Å². The summed E-state index contributed by atoms with van der Waals surface area (Å²) in [6, 6.07) is 8.05. The van der Waals surface area contributed by atoms with Crippen LogP contribution < -0.4 is 4.90 Å². The summed E-state index contributed by atoms with van der Waals surface area (Å²) in [6.07, 6.45) is 5.88. The second-order valence-electron chi connectivity index (χ2n) is 8.30. The number of benzene rings is 1. The van der Waals surface area contributed by atoms with E-state index >= 15 is 0 Å². The van der Waals surface area contributed by atoms with Gasteiger partial charge in [-0.05, 0) is 38.8 Å². The highest BCUT2D eigenvalue weighted by Gasteiger charge is 2.50. The lowest BCUT2D eigenvalue weighted by Gasteiger charge is -2.37. The second kappa shape index (κ2) is 6.83. The van der Waals surface area contributed by atoms with E-state index in [1.165, 1.54) is 0 Å². The summed E-state index contributed by atoms with van der Waals surface area (Å²) in [7, 11) is 0. The van der Waals surface area contributed by atoms with Gasteiger partial charge in [0.1, 0.15) is 11.9 Å². The first kappa shape index (κ1) is 18.1. The predicted octanol–water partition coefficient (Wildman–Crippen LogP) is 3.05. The van der Waals surface area contributed by atoms with Crippen LogP contribution in [0.1, 0.15) is 30.7 Å². The molecule has 5 rings (SSSR count). The number of anilines is 1. The number of esters is 1. The number of aromatic nitrogens is 4. The fourth-order valence-corrected chi connectivity index (χ4v) is 4.69. The molecule has 2 saturated heterocycles. The number of cyclic esters (lactones) is 1. The number of carbonyl (C=O) groups excluding carboxylic acids is 1. The van der Waals surface area contributed by atoms with Crippen LogP contribution in [0.3, 0.4) is 0 Å². The van der Waals surface area contributed by atoms with Crippen LogP contribution >= 0.6 is 0 Å². The third-order valence-corrected chi connectivity index (χ3v) is 6.32. The third-order valence-electron chi connectivity index (χ3n) is 6.32. The first-order valence-corrected chi connectivity index (χ1v) is 10.2. The van der Waals surface area contributed by atoms with E-state index in [9.17, 15) is 4.79 Å². The van der Waals surface area contributed by atoms with Crippen molar-refractivity contribution in [1.82, 2.24) is 19.5 Å². The lowest BCUT2D eigenvalue weighted by Crippen LogP contribution is -2.43. The molecule has 2 aliphatic heterocycles. The quantitative estimate of drug-likeness (QED) is 0.639. The highest BCUT2D eigenvalue weighted by Crippen LogP contribution is 2.44. The number of imidazole rings is 1. The van der Waals surface area contributed by atoms with Crippen LogP contribution in [0.25, 0.3) is 11.0 Å². The second-order valence-corrected chi connectivity index (χ2v) is 8.30. The molecule has 0 aliphatic carbocycles. The first-order valence-electron chi connectivity index (χ1n) is 10.2. The maximum absolute atomic E-state index is 12.8. The molecule has 150 valence electrons. The Morgan fingerprint density at radius 1 is 1.17 bits per heavy atom. The molecule has 29 heavy (non-hydrogen) atoms. The van der Waals surface area contributed by atoms with Crippen molar-refractivity contribution in [2.24, 2.45) is 5.41 Å². The van der Waals surface area contributed by atoms with Crippen molar-refractivity contribution in [3.63, 3.8) is 0 Å². The molecule has 4 heterocycles. The minimum atomic E-state index is -0.372. The van der Waals surface area contributed by atoms with Crippen LogP contribution in [0, 0.1) is 19.3 Å². The molecule has 0 N–H and O–H groups in total. The number of para-hydroxylation sites is 2. The number of rotatable bonds is 3. The molecule has 1 unspecified atom stereocenters. The number of hydrogen-bond acceptors (Lipinski definition) is 6. The monoisotopic (exact) mass is 391 g/mol. The number of carbonyl (C=O) groups is 1. The summed E-state index contributed by atoms with van der Waals surface area (Å²) in [4.78, 5) is 28.6. The number of fused-ring (bicyclic) bond motifs is 1. The van der Waals surface area contributed by atoms with Gasteiger partial charge < -0.3 is 14.2 Å². The van der Waals surface area contributed by atoms with Crippen LogP contribution in [0.2, 0.25) is 0 Å². The molecule has 3 aromatic rings. The van der Waals surface area contributed by atoms with Gasteiger partial charge in [-0.2, -0.15) is 0 Å². The van der Waals surface area contributed by atoms with Crippen LogP contribution in [0.4, 0.5) is 5.82 Å². The standard InChI is InChI=1S/C22H25N5O2/c1-15-12-23-16(2)20(25-15)26-9-7-22(8-10-26)11-17(29-21(22)28)13-27-14-24-18-5-3-4-6-19(18)27/h3-6,12,14,17H,7-11,13H2,1-2H3. The molecule has 0 amide bonds. The number of hydrogen-bond donors (Lipinski definition) is 0. The van der Waals surface area contributed by atoms with Crippen molar-refractivity contribution in [3.05, 3.63) is 48.2 Å². The van der Waals surface area contributed by atoms with Crippen molar-refractivity contribution in [1.29, 1.82) is 0 Å². The van der Waals surface area contributed by atoms with Crippen molar-refractivity contribution < 1.29 is 9.53 Å². The fourth-order valence-electron chi connectivity index (χ4n) is 4.69. The minimum absolute atomic E-state index is 0.0429. The zero-order valence-electron chi connectivity index (χ0n) is 16.8. The summed E-state index contributed by atoms with van der Waals surface area (Å²) in [5.41, 5.74) is 3.52. The molecule has 0 radical (unpaired) electrons. The molecule has 2 aliphatic rings. The van der Waals surface area contributed by atoms with Gasteiger partial charge in [-0.15, -0.1) is 0 Å². The molecule has 7 nitrogen and oxygen atoms in total. The predicted molar refractivity (Wildman–Crippen MR) is 110 cm³/mol. The van der Waals surface area contributed by atoms with Gasteiger partial charge in [-0.1, -0.05) is 12.1 Å². The van der Waals surface area contributed by atoms with Crippen molar-refractivity contribution in [3.8, 4) is 0 Å². The molecule has 0 bridgehead atoms. The molecule has 1 spiro atoms. The van der Waals surface area contributed by atoms with Crippen LogP contribution in [0.5, 0.6) is 0 Å². The molecule has 2 aromatic heterocycles. The van der Waals surface area contributed by atoms with Gasteiger partial charge in [0.15, 0.2) is 0 Å². The Kier molecular flexibility index (Phi) is 4.26. The van der Waals surface area contributed by atoms with Gasteiger partial charge in [-0.3, -0.25) is 9.78 Å². The maximum Gasteiger partial charge on any atom is 0.312 e. The zero-order valence-corrected chi connectivity index (χ0v) is 16.8. The molecule has 2 fully saturated rings. The molecular formula is C22H25N5O2. The average Bonchev–Trinajstić information content (AvgIpc) is 3.26. The van der Waals surface area contributed by atoms with Gasteiger partial charge in [0.25, 0.3) is 0 Å². The summed E-state index contributed by atoms with van der Waals surface area (Å²) in [6.45, 7) is 6.20. The number of nitrogens with zero attached hydrogens (tertiary/aromatic N) is 5. The smallest absolute Gasteiger partial charge is 0.312 e. The Labute approximate surface area is 169 Å². The molecular weight excluding hydrogens is 366 g/mol. The van der Waals surface area contributed by atoms with Crippen LogP contribution in [0.15, 0.2) is 36.8 Å². The largest absolute Gasteiger partial charge is 0.460 e. The molecule has 0 saturated carbocycles.